The minimum Gasteiger partial charge on any atom is -0.382 e. The first-order valence-electron chi connectivity index (χ1n) is 7.87. The highest BCUT2D eigenvalue weighted by atomic mass is 16.5. The van der Waals surface area contributed by atoms with Gasteiger partial charge >= 0.3 is 0 Å². The van der Waals surface area contributed by atoms with E-state index in [0.29, 0.717) is 0 Å². The monoisotopic (exact) mass is 256 g/mol. The lowest BCUT2D eigenvalue weighted by molar-refractivity contribution is 0.143. The molecule has 3 nitrogen and oxygen atoms in total. The van der Waals surface area contributed by atoms with E-state index in [1.165, 1.54) is 51.6 Å². The van der Waals surface area contributed by atoms with Crippen LogP contribution in [-0.4, -0.2) is 50.3 Å². The molecule has 3 heteroatoms. The van der Waals surface area contributed by atoms with Gasteiger partial charge < -0.3 is 10.1 Å². The van der Waals surface area contributed by atoms with Crippen molar-refractivity contribution in [3.05, 3.63) is 0 Å². The zero-order valence-corrected chi connectivity index (χ0v) is 12.4. The van der Waals surface area contributed by atoms with Crippen LogP contribution in [0.3, 0.4) is 0 Å². The van der Waals surface area contributed by atoms with Crippen LogP contribution in [0.25, 0.3) is 0 Å². The van der Waals surface area contributed by atoms with Crippen LogP contribution in [-0.2, 0) is 4.74 Å². The molecule has 1 unspecified atom stereocenters. The fourth-order valence-electron chi connectivity index (χ4n) is 2.61. The summed E-state index contributed by atoms with van der Waals surface area (Å²) < 4.78 is 5.33. The van der Waals surface area contributed by atoms with Crippen molar-refractivity contribution in [2.24, 2.45) is 0 Å². The third-order valence-electron chi connectivity index (χ3n) is 3.86. The van der Waals surface area contributed by atoms with Crippen LogP contribution in [0.1, 0.15) is 52.4 Å². The largest absolute Gasteiger partial charge is 0.382 e. The Hall–Kier alpha value is -0.120. The Kier molecular flexibility index (Phi) is 9.54. The first-order valence-corrected chi connectivity index (χ1v) is 7.87. The number of likely N-dealkylation sites (tertiary alicyclic amines) is 1. The van der Waals surface area contributed by atoms with Gasteiger partial charge in [-0.3, -0.25) is 4.90 Å². The maximum absolute atomic E-state index is 5.33. The van der Waals surface area contributed by atoms with E-state index in [1.54, 1.807) is 0 Å². The molecule has 0 saturated carbocycles. The van der Waals surface area contributed by atoms with Crippen molar-refractivity contribution in [2.75, 3.05) is 39.4 Å². The molecule has 1 aliphatic heterocycles. The molecule has 0 amide bonds. The van der Waals surface area contributed by atoms with Crippen molar-refractivity contribution in [1.29, 1.82) is 0 Å². The Morgan fingerprint density at radius 2 is 2.06 bits per heavy atom. The quantitative estimate of drug-likeness (QED) is 0.642. The number of ether oxygens (including phenoxy) is 1. The molecule has 1 rings (SSSR count). The Morgan fingerprint density at radius 1 is 1.17 bits per heavy atom. The van der Waals surface area contributed by atoms with Crippen LogP contribution in [0.5, 0.6) is 0 Å². The zero-order valence-electron chi connectivity index (χ0n) is 12.4. The molecular formula is C15H32N2O. The van der Waals surface area contributed by atoms with Gasteiger partial charge in [0.25, 0.3) is 0 Å². The molecule has 0 radical (unpaired) electrons. The van der Waals surface area contributed by atoms with E-state index in [-0.39, 0.29) is 0 Å². The molecule has 1 aliphatic rings. The summed E-state index contributed by atoms with van der Waals surface area (Å²) in [6, 6.07) is 0.784. The van der Waals surface area contributed by atoms with Gasteiger partial charge in [-0.15, -0.1) is 0 Å². The van der Waals surface area contributed by atoms with E-state index in [4.69, 9.17) is 4.74 Å². The topological polar surface area (TPSA) is 24.5 Å². The molecule has 0 bridgehead atoms. The maximum Gasteiger partial charge on any atom is 0.0466 e. The lowest BCUT2D eigenvalue weighted by atomic mass is 10.1. The van der Waals surface area contributed by atoms with Gasteiger partial charge in [0.1, 0.15) is 0 Å². The molecule has 0 aromatic rings. The van der Waals surface area contributed by atoms with Crippen molar-refractivity contribution in [1.82, 2.24) is 10.2 Å². The van der Waals surface area contributed by atoms with Crippen molar-refractivity contribution in [3.63, 3.8) is 0 Å². The Morgan fingerprint density at radius 3 is 2.89 bits per heavy atom. The third-order valence-corrected chi connectivity index (χ3v) is 3.86. The number of nitrogens with one attached hydrogen (secondary N) is 1. The molecule has 108 valence electrons. The average molecular weight is 256 g/mol. The van der Waals surface area contributed by atoms with E-state index < -0.39 is 0 Å². The molecule has 0 aromatic heterocycles. The van der Waals surface area contributed by atoms with Crippen LogP contribution in [0, 0.1) is 0 Å². The number of rotatable bonds is 9. The van der Waals surface area contributed by atoms with E-state index in [1.807, 2.05) is 0 Å². The van der Waals surface area contributed by atoms with Gasteiger partial charge in [-0.2, -0.15) is 0 Å². The van der Waals surface area contributed by atoms with Crippen LogP contribution in [0.2, 0.25) is 0 Å². The fraction of sp³-hybridized carbons (Fsp3) is 1.00. The van der Waals surface area contributed by atoms with E-state index >= 15 is 0 Å². The molecule has 0 aliphatic carbocycles. The van der Waals surface area contributed by atoms with Gasteiger partial charge in [0.2, 0.25) is 0 Å². The predicted molar refractivity (Wildman–Crippen MR) is 78.1 cm³/mol. The van der Waals surface area contributed by atoms with Gasteiger partial charge in [0, 0.05) is 32.3 Å². The maximum atomic E-state index is 5.33. The molecule has 1 atom stereocenters. The molecule has 0 spiro atoms. The first kappa shape index (κ1) is 15.9. The molecule has 18 heavy (non-hydrogen) atoms. The molecule has 0 aromatic carbocycles. The smallest absolute Gasteiger partial charge is 0.0466 e. The molecule has 1 heterocycles. The summed E-state index contributed by atoms with van der Waals surface area (Å²) in [5, 5.41) is 3.55. The van der Waals surface area contributed by atoms with Crippen molar-refractivity contribution < 1.29 is 4.74 Å². The van der Waals surface area contributed by atoms with E-state index in [2.05, 4.69) is 24.1 Å². The Labute approximate surface area is 113 Å². The molecule has 1 fully saturated rings. The van der Waals surface area contributed by atoms with Gasteiger partial charge in [-0.25, -0.2) is 0 Å². The second kappa shape index (κ2) is 10.8. The normalized spacial score (nSPS) is 22.0. The summed E-state index contributed by atoms with van der Waals surface area (Å²) in [7, 11) is 0. The second-order valence-electron chi connectivity index (χ2n) is 5.39. The summed E-state index contributed by atoms with van der Waals surface area (Å²) in [5.41, 5.74) is 0. The average Bonchev–Trinajstić information content (AvgIpc) is 2.58. The number of nitrogens with zero attached hydrogens (tertiary/aromatic N) is 1. The summed E-state index contributed by atoms with van der Waals surface area (Å²) >= 11 is 0. The standard InChI is InChI=1S/C15H32N2O/c1-3-18-14-8-6-10-16-11-13-17-12-7-4-5-9-15(17)2/h15-16H,3-14H2,1-2H3. The Bertz CT molecular complexity index is 187. The number of hydrogen-bond acceptors (Lipinski definition) is 3. The van der Waals surface area contributed by atoms with Crippen LogP contribution in [0.15, 0.2) is 0 Å². The van der Waals surface area contributed by atoms with Gasteiger partial charge in [0.15, 0.2) is 0 Å². The number of hydrogen-bond donors (Lipinski definition) is 1. The zero-order chi connectivity index (χ0) is 13.1. The molecule has 1 N–H and O–H groups in total. The van der Waals surface area contributed by atoms with Crippen molar-refractivity contribution in [3.8, 4) is 0 Å². The highest BCUT2D eigenvalue weighted by molar-refractivity contribution is 4.72. The summed E-state index contributed by atoms with van der Waals surface area (Å²) in [6.07, 6.45) is 8.03. The minimum absolute atomic E-state index is 0.784. The SMILES string of the molecule is CCOCCCCNCCN1CCCCCC1C. The van der Waals surface area contributed by atoms with Gasteiger partial charge in [-0.05, 0) is 52.6 Å². The van der Waals surface area contributed by atoms with Crippen molar-refractivity contribution >= 4 is 0 Å². The second-order valence-corrected chi connectivity index (χ2v) is 5.39. The number of unbranched alkanes of at least 4 members (excludes halogenated alkanes) is 1. The molecule has 1 saturated heterocycles. The van der Waals surface area contributed by atoms with Crippen LogP contribution >= 0.6 is 0 Å². The van der Waals surface area contributed by atoms with E-state index in [0.717, 1.165) is 32.3 Å². The lowest BCUT2D eigenvalue weighted by Crippen LogP contribution is -2.38. The summed E-state index contributed by atoms with van der Waals surface area (Å²) in [5.74, 6) is 0. The minimum atomic E-state index is 0.784. The summed E-state index contributed by atoms with van der Waals surface area (Å²) in [6.45, 7) is 11.0. The summed E-state index contributed by atoms with van der Waals surface area (Å²) in [4.78, 5) is 2.65. The van der Waals surface area contributed by atoms with Crippen LogP contribution < -0.4 is 5.32 Å². The van der Waals surface area contributed by atoms with Crippen molar-refractivity contribution in [2.45, 2.75) is 58.4 Å². The lowest BCUT2D eigenvalue weighted by Gasteiger charge is -2.26. The van der Waals surface area contributed by atoms with Gasteiger partial charge in [0.05, 0.1) is 0 Å². The Balaban J connectivity index is 1.93. The third kappa shape index (κ3) is 7.34. The predicted octanol–water partition coefficient (Wildman–Crippen LogP) is 2.66. The van der Waals surface area contributed by atoms with E-state index in [9.17, 15) is 0 Å². The van der Waals surface area contributed by atoms with Gasteiger partial charge in [-0.1, -0.05) is 12.8 Å². The fourth-order valence-corrected chi connectivity index (χ4v) is 2.61. The molecular weight excluding hydrogens is 224 g/mol. The highest BCUT2D eigenvalue weighted by Gasteiger charge is 2.15. The van der Waals surface area contributed by atoms with Crippen LogP contribution in [0.4, 0.5) is 0 Å². The highest BCUT2D eigenvalue weighted by Crippen LogP contribution is 2.15. The first-order chi connectivity index (χ1) is 8.84.